The molecule has 0 atom stereocenters. The first-order chi connectivity index (χ1) is 8.99. The lowest BCUT2D eigenvalue weighted by Gasteiger charge is -2.28. The van der Waals surface area contributed by atoms with Crippen molar-refractivity contribution in [1.82, 2.24) is 0 Å². The number of non-ortho nitro benzene ring substituents is 1. The fourth-order valence-corrected chi connectivity index (χ4v) is 1.87. The Morgan fingerprint density at radius 1 is 1.47 bits per heavy atom. The molecule has 0 aliphatic carbocycles. The summed E-state index contributed by atoms with van der Waals surface area (Å²) in [6.07, 6.45) is 1.51. The van der Waals surface area contributed by atoms with Gasteiger partial charge in [-0.15, -0.1) is 0 Å². The van der Waals surface area contributed by atoms with E-state index in [1.165, 1.54) is 29.2 Å². The number of ether oxygens (including phenoxy) is 1. The van der Waals surface area contributed by atoms with E-state index in [4.69, 9.17) is 4.74 Å². The number of hydrogen-bond acceptors (Lipinski definition) is 4. The summed E-state index contributed by atoms with van der Waals surface area (Å²) in [5, 5.41) is 10.8. The molecule has 6 heteroatoms. The molecule has 0 aromatic heterocycles. The number of nitrogens with zero attached hydrogens (tertiary/aromatic N) is 2. The van der Waals surface area contributed by atoms with Crippen molar-refractivity contribution in [3.05, 3.63) is 40.0 Å². The van der Waals surface area contributed by atoms with E-state index < -0.39 is 4.92 Å². The lowest BCUT2D eigenvalue weighted by Crippen LogP contribution is -2.37. The van der Waals surface area contributed by atoms with E-state index >= 15 is 0 Å². The third-order valence-corrected chi connectivity index (χ3v) is 2.69. The van der Waals surface area contributed by atoms with E-state index in [2.05, 4.69) is 0 Å². The molecule has 0 N–H and O–H groups in total. The molecule has 100 valence electrons. The van der Waals surface area contributed by atoms with Crippen LogP contribution in [0.15, 0.2) is 29.8 Å². The van der Waals surface area contributed by atoms with Crippen LogP contribution in [0, 0.1) is 10.1 Å². The Hall–Kier alpha value is -2.37. The summed E-state index contributed by atoms with van der Waals surface area (Å²) >= 11 is 0. The molecule has 1 aromatic carbocycles. The summed E-state index contributed by atoms with van der Waals surface area (Å²) in [5.41, 5.74) is 1.27. The van der Waals surface area contributed by atoms with Gasteiger partial charge in [-0.2, -0.15) is 0 Å². The fraction of sp³-hybridized carbons (Fsp3) is 0.308. The number of fused-ring (bicyclic) bond motifs is 1. The molecule has 0 bridgehead atoms. The number of carbonyl (C=O) groups is 1. The maximum Gasteiger partial charge on any atom is 0.271 e. The molecule has 0 radical (unpaired) electrons. The molecule has 1 aliphatic rings. The molecule has 1 amide bonds. The normalized spacial score (nSPS) is 13.3. The van der Waals surface area contributed by atoms with Crippen molar-refractivity contribution < 1.29 is 14.5 Å². The Labute approximate surface area is 110 Å². The zero-order valence-electron chi connectivity index (χ0n) is 10.8. The first-order valence-electron chi connectivity index (χ1n) is 5.86. The largest absolute Gasteiger partial charge is 0.490 e. The maximum absolute atomic E-state index is 12.1. The number of hydrogen-bond donors (Lipinski definition) is 0. The highest BCUT2D eigenvalue weighted by atomic mass is 16.6. The lowest BCUT2D eigenvalue weighted by atomic mass is 10.2. The second-order valence-corrected chi connectivity index (χ2v) is 4.47. The van der Waals surface area contributed by atoms with Crippen LogP contribution >= 0.6 is 0 Å². The predicted molar refractivity (Wildman–Crippen MR) is 70.4 cm³/mol. The number of carbonyl (C=O) groups excluding carboxylic acids is 1. The van der Waals surface area contributed by atoms with Crippen molar-refractivity contribution in [3.8, 4) is 5.75 Å². The minimum absolute atomic E-state index is 0.0562. The lowest BCUT2D eigenvalue weighted by molar-refractivity contribution is -0.384. The van der Waals surface area contributed by atoms with E-state index in [0.29, 0.717) is 24.6 Å². The summed E-state index contributed by atoms with van der Waals surface area (Å²) in [4.78, 5) is 23.9. The zero-order chi connectivity index (χ0) is 14.0. The molecule has 0 fully saturated rings. The average molecular weight is 262 g/mol. The van der Waals surface area contributed by atoms with Gasteiger partial charge in [-0.3, -0.25) is 14.9 Å². The van der Waals surface area contributed by atoms with Gasteiger partial charge in [0.25, 0.3) is 11.6 Å². The first-order valence-corrected chi connectivity index (χ1v) is 5.86. The first kappa shape index (κ1) is 13.1. The van der Waals surface area contributed by atoms with Gasteiger partial charge in [0.2, 0.25) is 0 Å². The molecule has 0 unspecified atom stereocenters. The molecule has 6 nitrogen and oxygen atoms in total. The van der Waals surface area contributed by atoms with Crippen LogP contribution in [0.2, 0.25) is 0 Å². The number of nitro groups is 1. The van der Waals surface area contributed by atoms with Gasteiger partial charge in [-0.05, 0) is 19.9 Å². The Morgan fingerprint density at radius 2 is 2.21 bits per heavy atom. The summed E-state index contributed by atoms with van der Waals surface area (Å²) in [7, 11) is 0. The predicted octanol–water partition coefficient (Wildman–Crippen LogP) is 2.29. The molecule has 2 rings (SSSR count). The van der Waals surface area contributed by atoms with Crippen molar-refractivity contribution in [3.63, 3.8) is 0 Å². The van der Waals surface area contributed by atoms with Crippen molar-refractivity contribution in [1.29, 1.82) is 0 Å². The van der Waals surface area contributed by atoms with Crippen LogP contribution in [0.4, 0.5) is 11.4 Å². The smallest absolute Gasteiger partial charge is 0.271 e. The topological polar surface area (TPSA) is 72.7 Å². The third-order valence-electron chi connectivity index (χ3n) is 2.69. The highest BCUT2D eigenvalue weighted by Gasteiger charge is 2.24. The molecule has 19 heavy (non-hydrogen) atoms. The van der Waals surface area contributed by atoms with Gasteiger partial charge in [0.15, 0.2) is 0 Å². The third kappa shape index (κ3) is 2.73. The molecular formula is C13H14N2O4. The Bertz CT molecular complexity index is 562. The van der Waals surface area contributed by atoms with Crippen molar-refractivity contribution >= 4 is 17.3 Å². The van der Waals surface area contributed by atoms with E-state index in [1.54, 1.807) is 0 Å². The van der Waals surface area contributed by atoms with Gasteiger partial charge in [0, 0.05) is 18.2 Å². The van der Waals surface area contributed by atoms with Crippen molar-refractivity contribution in [2.45, 2.75) is 13.8 Å². The van der Waals surface area contributed by atoms with Crippen molar-refractivity contribution in [2.24, 2.45) is 0 Å². The summed E-state index contributed by atoms with van der Waals surface area (Å²) in [5.74, 6) is 0.303. The van der Waals surface area contributed by atoms with Crippen LogP contribution in [0.5, 0.6) is 5.75 Å². The van der Waals surface area contributed by atoms with Crippen LogP contribution in [-0.2, 0) is 4.79 Å². The number of amides is 1. The molecule has 0 saturated heterocycles. The standard InChI is InChI=1S/C13H14N2O4/c1-9(2)7-13(16)14-5-6-19-12-4-3-10(15(17)18)8-11(12)14/h3-4,7-8H,5-6H2,1-2H3. The average Bonchev–Trinajstić information content (AvgIpc) is 2.36. The van der Waals surface area contributed by atoms with Gasteiger partial charge in [0.1, 0.15) is 12.4 Å². The van der Waals surface area contributed by atoms with Gasteiger partial charge in [0.05, 0.1) is 17.2 Å². The molecule has 1 aliphatic heterocycles. The van der Waals surface area contributed by atoms with Gasteiger partial charge < -0.3 is 9.64 Å². The van der Waals surface area contributed by atoms with Crippen LogP contribution in [0.25, 0.3) is 0 Å². The number of benzene rings is 1. The minimum Gasteiger partial charge on any atom is -0.490 e. The Morgan fingerprint density at radius 3 is 2.84 bits per heavy atom. The monoisotopic (exact) mass is 262 g/mol. The van der Waals surface area contributed by atoms with Gasteiger partial charge in [-0.1, -0.05) is 5.57 Å². The van der Waals surface area contributed by atoms with Crippen LogP contribution in [-0.4, -0.2) is 24.0 Å². The van der Waals surface area contributed by atoms with E-state index in [-0.39, 0.29) is 11.6 Å². The van der Waals surface area contributed by atoms with Crippen LogP contribution < -0.4 is 9.64 Å². The maximum atomic E-state index is 12.1. The molecule has 1 heterocycles. The molecule has 1 aromatic rings. The van der Waals surface area contributed by atoms with Gasteiger partial charge >= 0.3 is 0 Å². The number of nitro benzene ring substituents is 1. The number of allylic oxidation sites excluding steroid dienone is 1. The molecular weight excluding hydrogens is 248 g/mol. The zero-order valence-corrected chi connectivity index (χ0v) is 10.8. The number of rotatable bonds is 2. The van der Waals surface area contributed by atoms with E-state index in [1.807, 2.05) is 13.8 Å². The van der Waals surface area contributed by atoms with Gasteiger partial charge in [-0.25, -0.2) is 0 Å². The highest BCUT2D eigenvalue weighted by Crippen LogP contribution is 2.35. The van der Waals surface area contributed by atoms with E-state index in [0.717, 1.165) is 5.57 Å². The fourth-order valence-electron chi connectivity index (χ4n) is 1.87. The van der Waals surface area contributed by atoms with E-state index in [9.17, 15) is 14.9 Å². The summed E-state index contributed by atoms with van der Waals surface area (Å²) in [6, 6.07) is 4.26. The number of anilines is 1. The Kier molecular flexibility index (Phi) is 3.50. The quantitative estimate of drug-likeness (QED) is 0.465. The van der Waals surface area contributed by atoms with Crippen LogP contribution in [0.3, 0.4) is 0 Å². The summed E-state index contributed by atoms with van der Waals surface area (Å²) in [6.45, 7) is 4.42. The Balaban J connectivity index is 2.42. The second kappa shape index (κ2) is 5.09. The van der Waals surface area contributed by atoms with Crippen molar-refractivity contribution in [2.75, 3.05) is 18.1 Å². The summed E-state index contributed by atoms with van der Waals surface area (Å²) < 4.78 is 5.41. The molecule has 0 spiro atoms. The highest BCUT2D eigenvalue weighted by molar-refractivity contribution is 6.03. The van der Waals surface area contributed by atoms with Crippen LogP contribution in [0.1, 0.15) is 13.8 Å². The second-order valence-electron chi connectivity index (χ2n) is 4.47. The molecule has 0 saturated carbocycles. The minimum atomic E-state index is -0.488. The SMILES string of the molecule is CC(C)=CC(=O)N1CCOc2ccc([N+](=O)[O-])cc21.